The summed E-state index contributed by atoms with van der Waals surface area (Å²) in [6.45, 7) is 2.12. The summed E-state index contributed by atoms with van der Waals surface area (Å²) in [7, 11) is 0. The van der Waals surface area contributed by atoms with Gasteiger partial charge in [-0.05, 0) is 30.2 Å². The van der Waals surface area contributed by atoms with Crippen LogP contribution in [0.4, 0.5) is 0 Å². The van der Waals surface area contributed by atoms with Crippen LogP contribution in [0.3, 0.4) is 0 Å². The second kappa shape index (κ2) is 13.1. The van der Waals surface area contributed by atoms with E-state index in [1.165, 1.54) is 6.08 Å². The van der Waals surface area contributed by atoms with Crippen molar-refractivity contribution >= 4 is 28.0 Å². The summed E-state index contributed by atoms with van der Waals surface area (Å²) in [4.78, 5) is 11.0. The molecule has 2 aromatic rings. The predicted molar refractivity (Wildman–Crippen MR) is 110 cm³/mol. The molecule has 2 aromatic carbocycles. The number of allylic oxidation sites excluding steroid dienone is 2. The highest BCUT2D eigenvalue weighted by molar-refractivity contribution is 9.08. The van der Waals surface area contributed by atoms with E-state index in [9.17, 15) is 4.79 Å². The quantitative estimate of drug-likeness (QED) is 0.289. The molecule has 0 saturated carbocycles. The molecule has 0 radical (unpaired) electrons. The van der Waals surface area contributed by atoms with Gasteiger partial charge in [0, 0.05) is 11.4 Å². The Balaban J connectivity index is 0.000000309. The number of halogens is 1. The van der Waals surface area contributed by atoms with Crippen LogP contribution in [0.25, 0.3) is 6.08 Å². The summed E-state index contributed by atoms with van der Waals surface area (Å²) in [5, 5.41) is 18.2. The van der Waals surface area contributed by atoms with Gasteiger partial charge in [-0.1, -0.05) is 70.6 Å². The van der Waals surface area contributed by atoms with Gasteiger partial charge in [0.25, 0.3) is 0 Å². The predicted octanol–water partition coefficient (Wildman–Crippen LogP) is 5.14. The Hall–Kier alpha value is -3.15. The monoisotopic (exact) mass is 422 g/mol. The van der Waals surface area contributed by atoms with E-state index in [0.29, 0.717) is 12.2 Å². The fraction of sp³-hybridized carbons (Fsp3) is 0.136. The molecule has 0 bridgehead atoms. The first kappa shape index (κ1) is 21.9. The third kappa shape index (κ3) is 8.18. The zero-order valence-corrected chi connectivity index (χ0v) is 16.5. The van der Waals surface area contributed by atoms with Gasteiger partial charge < -0.3 is 4.74 Å². The highest BCUT2D eigenvalue weighted by Gasteiger charge is 1.96. The number of ether oxygens (including phenoxy) is 1. The summed E-state index contributed by atoms with van der Waals surface area (Å²) in [5.41, 5.74) is 3.22. The Morgan fingerprint density at radius 2 is 1.67 bits per heavy atom. The Kier molecular flexibility index (Phi) is 10.6. The molecule has 0 heterocycles. The van der Waals surface area contributed by atoms with Crippen molar-refractivity contribution in [1.29, 1.82) is 10.5 Å². The van der Waals surface area contributed by atoms with Crippen LogP contribution in [0.1, 0.15) is 29.2 Å². The number of hydrogen-bond acceptors (Lipinski definition) is 4. The third-order valence-electron chi connectivity index (χ3n) is 3.27. The number of carbonyl (C=O) groups excluding carboxylic acids is 1. The summed E-state index contributed by atoms with van der Waals surface area (Å²) in [6, 6.07) is 19.0. The van der Waals surface area contributed by atoms with Gasteiger partial charge >= 0.3 is 5.97 Å². The second-order valence-electron chi connectivity index (χ2n) is 5.07. The van der Waals surface area contributed by atoms with Crippen molar-refractivity contribution in [2.75, 3.05) is 6.61 Å². The van der Waals surface area contributed by atoms with Gasteiger partial charge in [0.2, 0.25) is 0 Å². The Labute approximate surface area is 168 Å². The van der Waals surface area contributed by atoms with Crippen molar-refractivity contribution in [3.8, 4) is 12.1 Å². The smallest absolute Gasteiger partial charge is 0.330 e. The number of carbonyl (C=O) groups is 1. The van der Waals surface area contributed by atoms with Gasteiger partial charge in [-0.3, -0.25) is 0 Å². The van der Waals surface area contributed by atoms with Crippen molar-refractivity contribution in [1.82, 2.24) is 0 Å². The largest absolute Gasteiger partial charge is 0.463 e. The summed E-state index contributed by atoms with van der Waals surface area (Å²) in [6.07, 6.45) is 6.41. The maximum absolute atomic E-state index is 11.0. The molecule has 0 atom stereocenters. The molecule has 0 aliphatic heterocycles. The van der Waals surface area contributed by atoms with Crippen LogP contribution in [-0.2, 0) is 14.9 Å². The number of hydrogen-bond donors (Lipinski definition) is 0. The number of nitrogens with zero attached hydrogens (tertiary/aromatic N) is 2. The third-order valence-corrected chi connectivity index (χ3v) is 3.87. The van der Waals surface area contributed by atoms with E-state index in [4.69, 9.17) is 15.3 Å². The fourth-order valence-corrected chi connectivity index (χ4v) is 2.46. The maximum Gasteiger partial charge on any atom is 0.330 e. The molecule has 0 aliphatic carbocycles. The molecule has 136 valence electrons. The van der Waals surface area contributed by atoms with Crippen LogP contribution in [0.15, 0.2) is 66.8 Å². The molecule has 0 spiro atoms. The highest BCUT2D eigenvalue weighted by Crippen LogP contribution is 2.10. The standard InChI is InChI=1S/C14H13NO2.C8H6BrN/c1-2-17-14(16)10-6-5-8-12-7-3-4-9-13(12)11-15;9-5-7-3-1-2-4-8(7)6-10/h3-10H,2H2,1H3;1-4H,5H2. The molecule has 0 unspecified atom stereocenters. The maximum atomic E-state index is 11.0. The summed E-state index contributed by atoms with van der Waals surface area (Å²) >= 11 is 3.30. The Bertz CT molecular complexity index is 890. The van der Waals surface area contributed by atoms with Crippen LogP contribution < -0.4 is 0 Å². The van der Waals surface area contributed by atoms with E-state index in [2.05, 4.69) is 28.1 Å². The number of rotatable bonds is 5. The molecule has 0 aliphatic rings. The lowest BCUT2D eigenvalue weighted by Crippen LogP contribution is -1.98. The molecule has 0 N–H and O–H groups in total. The normalized spacial score (nSPS) is 9.93. The van der Waals surface area contributed by atoms with Gasteiger partial charge in [0.15, 0.2) is 0 Å². The van der Waals surface area contributed by atoms with Crippen molar-refractivity contribution < 1.29 is 9.53 Å². The van der Waals surface area contributed by atoms with Crippen LogP contribution >= 0.6 is 15.9 Å². The number of esters is 1. The van der Waals surface area contributed by atoms with Crippen LogP contribution in [0.5, 0.6) is 0 Å². The summed E-state index contributed by atoms with van der Waals surface area (Å²) < 4.78 is 4.73. The van der Waals surface area contributed by atoms with Crippen LogP contribution in [0, 0.1) is 22.7 Å². The first-order valence-electron chi connectivity index (χ1n) is 8.20. The van der Waals surface area contributed by atoms with Crippen molar-refractivity contribution in [3.63, 3.8) is 0 Å². The Morgan fingerprint density at radius 3 is 2.26 bits per heavy atom. The van der Waals surface area contributed by atoms with E-state index < -0.39 is 0 Å². The van der Waals surface area contributed by atoms with Gasteiger partial charge in [0.1, 0.15) is 0 Å². The molecule has 27 heavy (non-hydrogen) atoms. The van der Waals surface area contributed by atoms with E-state index in [-0.39, 0.29) is 5.97 Å². The van der Waals surface area contributed by atoms with E-state index in [0.717, 1.165) is 22.0 Å². The molecular weight excluding hydrogens is 404 g/mol. The highest BCUT2D eigenvalue weighted by atomic mass is 79.9. The molecule has 0 aromatic heterocycles. The molecule has 0 saturated heterocycles. The lowest BCUT2D eigenvalue weighted by atomic mass is 10.1. The fourth-order valence-electron chi connectivity index (χ4n) is 1.97. The second-order valence-corrected chi connectivity index (χ2v) is 5.63. The molecule has 5 heteroatoms. The summed E-state index contributed by atoms with van der Waals surface area (Å²) in [5.74, 6) is -0.370. The molecule has 0 fully saturated rings. The average Bonchev–Trinajstić information content (AvgIpc) is 2.72. The molecule has 4 nitrogen and oxygen atoms in total. The first-order valence-corrected chi connectivity index (χ1v) is 9.33. The average molecular weight is 423 g/mol. The zero-order valence-electron chi connectivity index (χ0n) is 14.9. The zero-order chi connectivity index (χ0) is 19.9. The van der Waals surface area contributed by atoms with Crippen molar-refractivity contribution in [2.45, 2.75) is 12.3 Å². The SMILES string of the molecule is CCOC(=O)C=CC=Cc1ccccc1C#N.N#Cc1ccccc1CBr. The number of benzene rings is 2. The van der Waals surface area contributed by atoms with Gasteiger partial charge in [-0.2, -0.15) is 10.5 Å². The van der Waals surface area contributed by atoms with E-state index in [1.807, 2.05) is 42.5 Å². The molecule has 0 amide bonds. The van der Waals surface area contributed by atoms with E-state index >= 15 is 0 Å². The van der Waals surface area contributed by atoms with Gasteiger partial charge in [0.05, 0.1) is 29.9 Å². The van der Waals surface area contributed by atoms with Crippen LogP contribution in [0.2, 0.25) is 0 Å². The first-order chi connectivity index (χ1) is 13.2. The minimum Gasteiger partial charge on any atom is -0.463 e. The number of nitriles is 2. The lowest BCUT2D eigenvalue weighted by Gasteiger charge is -1.95. The minimum atomic E-state index is -0.370. The van der Waals surface area contributed by atoms with Gasteiger partial charge in [-0.25, -0.2) is 4.79 Å². The molecular formula is C22H19BrN2O2. The molecule has 2 rings (SSSR count). The van der Waals surface area contributed by atoms with Crippen molar-refractivity contribution in [3.05, 3.63) is 89.0 Å². The van der Waals surface area contributed by atoms with Crippen molar-refractivity contribution in [2.24, 2.45) is 0 Å². The van der Waals surface area contributed by atoms with Gasteiger partial charge in [-0.15, -0.1) is 0 Å². The van der Waals surface area contributed by atoms with E-state index in [1.54, 1.807) is 31.2 Å². The lowest BCUT2D eigenvalue weighted by molar-refractivity contribution is -0.137. The minimum absolute atomic E-state index is 0.365. The topological polar surface area (TPSA) is 73.9 Å². The number of alkyl halides is 1. The Morgan fingerprint density at radius 1 is 1.04 bits per heavy atom. The van der Waals surface area contributed by atoms with Crippen LogP contribution in [-0.4, -0.2) is 12.6 Å².